The number of nitrogens with zero attached hydrogens (tertiary/aromatic N) is 2. The van der Waals surface area contributed by atoms with Crippen molar-refractivity contribution >= 4 is 33.9 Å². The number of hydrogen-bond donors (Lipinski definition) is 0. The zero-order valence-electron chi connectivity index (χ0n) is 10.7. The number of fused-ring (bicyclic) bond motifs is 1. The molecule has 0 amide bonds. The number of rotatable bonds is 3. The molecule has 0 aliphatic carbocycles. The Bertz CT molecular complexity index is 761. The zero-order valence-corrected chi connectivity index (χ0v) is 12.2. The van der Waals surface area contributed by atoms with Crippen molar-refractivity contribution < 1.29 is 9.53 Å². The maximum Gasteiger partial charge on any atom is 0.311 e. The average Bonchev–Trinajstić information content (AvgIpc) is 3.01. The van der Waals surface area contributed by atoms with Crippen LogP contribution in [0.2, 0.25) is 5.02 Å². The van der Waals surface area contributed by atoms with Gasteiger partial charge in [-0.1, -0.05) is 23.7 Å². The standard InChI is InChI=1S/C14H11ClN2O2S/c1-19-13(18)6-11-8-20-14-16-12(7-17(11)14)9-2-4-10(15)5-3-9/h2-5,7-8H,6H2,1H3. The highest BCUT2D eigenvalue weighted by molar-refractivity contribution is 7.15. The summed E-state index contributed by atoms with van der Waals surface area (Å²) in [7, 11) is 1.39. The molecule has 0 saturated carbocycles. The van der Waals surface area contributed by atoms with E-state index >= 15 is 0 Å². The molecule has 20 heavy (non-hydrogen) atoms. The van der Waals surface area contributed by atoms with Crippen molar-refractivity contribution in [1.29, 1.82) is 0 Å². The van der Waals surface area contributed by atoms with Crippen molar-refractivity contribution in [3.05, 3.63) is 46.6 Å². The van der Waals surface area contributed by atoms with Crippen LogP contribution in [0.5, 0.6) is 0 Å². The molecule has 0 bridgehead atoms. The average molecular weight is 307 g/mol. The normalized spacial score (nSPS) is 10.9. The maximum atomic E-state index is 11.4. The first-order valence-corrected chi connectivity index (χ1v) is 7.21. The van der Waals surface area contributed by atoms with Gasteiger partial charge in [-0.05, 0) is 12.1 Å². The van der Waals surface area contributed by atoms with Gasteiger partial charge in [0.1, 0.15) is 0 Å². The van der Waals surface area contributed by atoms with Gasteiger partial charge in [0, 0.05) is 27.9 Å². The molecule has 0 atom stereocenters. The van der Waals surface area contributed by atoms with Crippen LogP contribution in [0.25, 0.3) is 16.2 Å². The molecule has 1 aromatic carbocycles. The Labute approximate surface area is 124 Å². The molecule has 2 heterocycles. The Morgan fingerprint density at radius 1 is 1.40 bits per heavy atom. The minimum Gasteiger partial charge on any atom is -0.469 e. The number of ether oxygens (including phenoxy) is 1. The van der Waals surface area contributed by atoms with Crippen molar-refractivity contribution in [2.24, 2.45) is 0 Å². The van der Waals surface area contributed by atoms with E-state index in [0.29, 0.717) is 5.02 Å². The first-order valence-electron chi connectivity index (χ1n) is 5.95. The lowest BCUT2D eigenvalue weighted by Gasteiger charge is -1.98. The Kier molecular flexibility index (Phi) is 3.46. The van der Waals surface area contributed by atoms with Crippen LogP contribution in [0.4, 0.5) is 0 Å². The van der Waals surface area contributed by atoms with Crippen LogP contribution in [0, 0.1) is 0 Å². The molecule has 0 unspecified atom stereocenters. The molecule has 0 radical (unpaired) electrons. The summed E-state index contributed by atoms with van der Waals surface area (Å²) in [6.45, 7) is 0. The largest absolute Gasteiger partial charge is 0.469 e. The fourth-order valence-electron chi connectivity index (χ4n) is 1.94. The Hall–Kier alpha value is -1.85. The van der Waals surface area contributed by atoms with Gasteiger partial charge in [0.25, 0.3) is 0 Å². The van der Waals surface area contributed by atoms with Gasteiger partial charge >= 0.3 is 5.97 Å². The van der Waals surface area contributed by atoms with E-state index in [-0.39, 0.29) is 12.4 Å². The summed E-state index contributed by atoms with van der Waals surface area (Å²) in [5.41, 5.74) is 2.73. The van der Waals surface area contributed by atoms with Crippen LogP contribution in [-0.2, 0) is 16.0 Å². The minimum absolute atomic E-state index is 0.243. The fraction of sp³-hybridized carbons (Fsp3) is 0.143. The molecule has 0 aliphatic heterocycles. The van der Waals surface area contributed by atoms with E-state index in [0.717, 1.165) is 21.9 Å². The summed E-state index contributed by atoms with van der Waals surface area (Å²) < 4.78 is 6.62. The summed E-state index contributed by atoms with van der Waals surface area (Å²) in [5.74, 6) is -0.258. The summed E-state index contributed by atoms with van der Waals surface area (Å²) >= 11 is 7.38. The van der Waals surface area contributed by atoms with E-state index in [9.17, 15) is 4.79 Å². The van der Waals surface area contributed by atoms with Gasteiger partial charge < -0.3 is 4.74 Å². The number of aromatic nitrogens is 2. The molecule has 0 N–H and O–H groups in total. The summed E-state index contributed by atoms with van der Waals surface area (Å²) in [5, 5.41) is 2.62. The van der Waals surface area contributed by atoms with E-state index in [1.807, 2.05) is 40.2 Å². The number of esters is 1. The SMILES string of the molecule is COC(=O)Cc1csc2nc(-c3ccc(Cl)cc3)cn12. The number of methoxy groups -OCH3 is 1. The summed E-state index contributed by atoms with van der Waals surface area (Å²) in [6.07, 6.45) is 2.17. The van der Waals surface area contributed by atoms with Crippen LogP contribution >= 0.6 is 22.9 Å². The molecule has 2 aromatic heterocycles. The topological polar surface area (TPSA) is 43.6 Å². The van der Waals surface area contributed by atoms with E-state index < -0.39 is 0 Å². The predicted octanol–water partition coefficient (Wildman–Crippen LogP) is 3.43. The minimum atomic E-state index is -0.258. The number of benzene rings is 1. The molecule has 0 aliphatic rings. The molecule has 6 heteroatoms. The second kappa shape index (κ2) is 5.26. The first kappa shape index (κ1) is 13.1. The highest BCUT2D eigenvalue weighted by Gasteiger charge is 2.12. The lowest BCUT2D eigenvalue weighted by Crippen LogP contribution is -2.05. The molecular weight excluding hydrogens is 296 g/mol. The predicted molar refractivity (Wildman–Crippen MR) is 79.2 cm³/mol. The molecule has 0 spiro atoms. The molecular formula is C14H11ClN2O2S. The second-order valence-electron chi connectivity index (χ2n) is 4.27. The molecule has 3 aromatic rings. The van der Waals surface area contributed by atoms with Gasteiger partial charge in [0.2, 0.25) is 0 Å². The molecule has 0 fully saturated rings. The third-order valence-electron chi connectivity index (χ3n) is 2.98. The van der Waals surface area contributed by atoms with E-state index in [1.165, 1.54) is 18.4 Å². The van der Waals surface area contributed by atoms with Gasteiger partial charge in [-0.3, -0.25) is 9.20 Å². The Balaban J connectivity index is 1.98. The third kappa shape index (κ3) is 2.42. The summed E-state index contributed by atoms with van der Waals surface area (Å²) in [4.78, 5) is 16.8. The van der Waals surface area contributed by atoms with Crippen molar-refractivity contribution in [1.82, 2.24) is 9.38 Å². The number of hydrogen-bond acceptors (Lipinski definition) is 4. The maximum absolute atomic E-state index is 11.4. The van der Waals surface area contributed by atoms with Crippen LogP contribution < -0.4 is 0 Å². The van der Waals surface area contributed by atoms with Crippen LogP contribution in [0.3, 0.4) is 0 Å². The quantitative estimate of drug-likeness (QED) is 0.696. The Morgan fingerprint density at radius 3 is 2.85 bits per heavy atom. The first-order chi connectivity index (χ1) is 9.67. The van der Waals surface area contributed by atoms with Gasteiger partial charge in [0.15, 0.2) is 4.96 Å². The number of thiazole rings is 1. The van der Waals surface area contributed by atoms with Gasteiger partial charge in [0.05, 0.1) is 19.2 Å². The number of carbonyl (C=O) groups is 1. The van der Waals surface area contributed by atoms with E-state index in [4.69, 9.17) is 16.3 Å². The van der Waals surface area contributed by atoms with Crippen LogP contribution in [0.1, 0.15) is 5.69 Å². The van der Waals surface area contributed by atoms with Crippen molar-refractivity contribution in [2.45, 2.75) is 6.42 Å². The van der Waals surface area contributed by atoms with Crippen molar-refractivity contribution in [3.63, 3.8) is 0 Å². The van der Waals surface area contributed by atoms with Crippen molar-refractivity contribution in [2.75, 3.05) is 7.11 Å². The van der Waals surface area contributed by atoms with Crippen molar-refractivity contribution in [3.8, 4) is 11.3 Å². The summed E-state index contributed by atoms with van der Waals surface area (Å²) in [6, 6.07) is 7.52. The van der Waals surface area contributed by atoms with Crippen LogP contribution in [-0.4, -0.2) is 22.5 Å². The number of carbonyl (C=O) groups excluding carboxylic acids is 1. The fourth-order valence-corrected chi connectivity index (χ4v) is 2.94. The van der Waals surface area contributed by atoms with Gasteiger partial charge in [-0.25, -0.2) is 4.98 Å². The van der Waals surface area contributed by atoms with Gasteiger partial charge in [-0.2, -0.15) is 0 Å². The molecule has 3 rings (SSSR count). The molecule has 0 saturated heterocycles. The zero-order chi connectivity index (χ0) is 14.1. The highest BCUT2D eigenvalue weighted by atomic mass is 35.5. The Morgan fingerprint density at radius 2 is 2.15 bits per heavy atom. The number of imidazole rings is 1. The molecule has 4 nitrogen and oxygen atoms in total. The lowest BCUT2D eigenvalue weighted by molar-refractivity contribution is -0.139. The molecule has 102 valence electrons. The van der Waals surface area contributed by atoms with Gasteiger partial charge in [-0.15, -0.1) is 11.3 Å². The highest BCUT2D eigenvalue weighted by Crippen LogP contribution is 2.25. The smallest absolute Gasteiger partial charge is 0.311 e. The van der Waals surface area contributed by atoms with E-state index in [1.54, 1.807) is 0 Å². The second-order valence-corrected chi connectivity index (χ2v) is 5.54. The van der Waals surface area contributed by atoms with Crippen LogP contribution in [0.15, 0.2) is 35.8 Å². The monoisotopic (exact) mass is 306 g/mol. The lowest BCUT2D eigenvalue weighted by atomic mass is 10.2. The van der Waals surface area contributed by atoms with E-state index in [2.05, 4.69) is 4.98 Å². The number of halogens is 1. The third-order valence-corrected chi connectivity index (χ3v) is 4.12.